The average Bonchev–Trinajstić information content (AvgIpc) is 3.28. The first kappa shape index (κ1) is 20.6. The summed E-state index contributed by atoms with van der Waals surface area (Å²) in [7, 11) is 1.62. The van der Waals surface area contributed by atoms with Crippen molar-refractivity contribution in [2.75, 3.05) is 7.11 Å². The first-order chi connectivity index (χ1) is 13.1. The highest BCUT2D eigenvalue weighted by molar-refractivity contribution is 5.85. The standard InChI is InChI=1S/C20H26N4O3.ClH/c1-12(21-18(25)10-13-8-15-6-7-16(9-13)22-15)20-23-19(24-27-20)14-4-3-5-17(11-14)26-2;/h3-5,11-13,15-16,22H,6-10H2,1-2H3,(H,21,25);1H. The molecule has 2 fully saturated rings. The van der Waals surface area contributed by atoms with Crippen molar-refractivity contribution in [1.82, 2.24) is 20.8 Å². The lowest BCUT2D eigenvalue weighted by Crippen LogP contribution is -2.40. The number of hydrogen-bond donors (Lipinski definition) is 2. The molecule has 3 heterocycles. The Kier molecular flexibility index (Phi) is 6.57. The smallest absolute Gasteiger partial charge is 0.249 e. The van der Waals surface area contributed by atoms with Gasteiger partial charge in [0.05, 0.1) is 7.11 Å². The highest BCUT2D eigenvalue weighted by Crippen LogP contribution is 2.32. The molecule has 1 aromatic heterocycles. The maximum atomic E-state index is 12.5. The van der Waals surface area contributed by atoms with Crippen LogP contribution in [0.25, 0.3) is 11.4 Å². The lowest BCUT2D eigenvalue weighted by Gasteiger charge is -2.28. The Labute approximate surface area is 171 Å². The van der Waals surface area contributed by atoms with E-state index in [4.69, 9.17) is 9.26 Å². The molecule has 2 N–H and O–H groups in total. The van der Waals surface area contributed by atoms with Crippen LogP contribution >= 0.6 is 12.4 Å². The molecule has 1 amide bonds. The fraction of sp³-hybridized carbons (Fsp3) is 0.550. The molecule has 2 bridgehead atoms. The van der Waals surface area contributed by atoms with Crippen LogP contribution in [-0.2, 0) is 4.79 Å². The Morgan fingerprint density at radius 3 is 2.82 bits per heavy atom. The minimum absolute atomic E-state index is 0. The second-order valence-electron chi connectivity index (χ2n) is 7.66. The number of ether oxygens (including phenoxy) is 1. The van der Waals surface area contributed by atoms with Crippen LogP contribution in [0.3, 0.4) is 0 Å². The SMILES string of the molecule is COc1cccc(-c2noc(C(C)NC(=O)CC3CC4CCC(C3)N4)n2)c1.Cl. The molecule has 2 aromatic rings. The number of carbonyl (C=O) groups excluding carboxylic acids is 1. The molecule has 0 saturated carbocycles. The molecule has 7 nitrogen and oxygen atoms in total. The summed E-state index contributed by atoms with van der Waals surface area (Å²) in [4.78, 5) is 16.9. The monoisotopic (exact) mass is 406 g/mol. The Balaban J connectivity index is 0.00000225. The van der Waals surface area contributed by atoms with Crippen molar-refractivity contribution < 1.29 is 14.1 Å². The van der Waals surface area contributed by atoms with Gasteiger partial charge in [0, 0.05) is 24.1 Å². The number of amides is 1. The number of fused-ring (bicyclic) bond motifs is 2. The van der Waals surface area contributed by atoms with Gasteiger partial charge in [-0.2, -0.15) is 4.98 Å². The number of carbonyl (C=O) groups is 1. The molecule has 2 aliphatic rings. The fourth-order valence-corrected chi connectivity index (χ4v) is 4.26. The number of nitrogens with zero attached hydrogens (tertiary/aromatic N) is 2. The molecule has 8 heteroatoms. The van der Waals surface area contributed by atoms with Crippen molar-refractivity contribution in [3.05, 3.63) is 30.2 Å². The molecule has 3 atom stereocenters. The zero-order valence-electron chi connectivity index (χ0n) is 16.2. The summed E-state index contributed by atoms with van der Waals surface area (Å²) in [5.74, 6) is 2.14. The van der Waals surface area contributed by atoms with Gasteiger partial charge in [0.1, 0.15) is 11.8 Å². The number of benzene rings is 1. The Morgan fingerprint density at radius 1 is 1.36 bits per heavy atom. The minimum atomic E-state index is -0.317. The van der Waals surface area contributed by atoms with E-state index in [1.165, 1.54) is 12.8 Å². The molecule has 0 aliphatic carbocycles. The molecule has 3 unspecified atom stereocenters. The second kappa shape index (κ2) is 8.92. The zero-order valence-corrected chi connectivity index (χ0v) is 17.0. The van der Waals surface area contributed by atoms with Gasteiger partial charge in [0.15, 0.2) is 0 Å². The van der Waals surface area contributed by atoms with Crippen LogP contribution in [0, 0.1) is 5.92 Å². The largest absolute Gasteiger partial charge is 0.497 e. The fourth-order valence-electron chi connectivity index (χ4n) is 4.26. The first-order valence-electron chi connectivity index (χ1n) is 9.64. The third-order valence-corrected chi connectivity index (χ3v) is 5.56. The molecule has 2 aliphatic heterocycles. The van der Waals surface area contributed by atoms with E-state index < -0.39 is 0 Å². The van der Waals surface area contributed by atoms with Gasteiger partial charge in [-0.05, 0) is 50.7 Å². The van der Waals surface area contributed by atoms with Gasteiger partial charge in [-0.1, -0.05) is 17.3 Å². The third-order valence-electron chi connectivity index (χ3n) is 5.56. The Bertz CT molecular complexity index is 800. The highest BCUT2D eigenvalue weighted by Gasteiger charge is 2.34. The lowest BCUT2D eigenvalue weighted by molar-refractivity contribution is -0.123. The maximum Gasteiger partial charge on any atom is 0.249 e. The number of methoxy groups -OCH3 is 1. The molecule has 1 aromatic carbocycles. The van der Waals surface area contributed by atoms with Crippen LogP contribution in [0.4, 0.5) is 0 Å². The number of hydrogen-bond acceptors (Lipinski definition) is 6. The van der Waals surface area contributed by atoms with E-state index in [-0.39, 0.29) is 24.4 Å². The molecule has 2 saturated heterocycles. The summed E-state index contributed by atoms with van der Waals surface area (Å²) in [6, 6.07) is 8.36. The zero-order chi connectivity index (χ0) is 18.8. The van der Waals surface area contributed by atoms with Gasteiger partial charge < -0.3 is 19.9 Å². The van der Waals surface area contributed by atoms with Crippen molar-refractivity contribution in [3.63, 3.8) is 0 Å². The molecular formula is C20H27ClN4O3. The normalized spacial score (nSPS) is 24.3. The Hall–Kier alpha value is -2.12. The van der Waals surface area contributed by atoms with Crippen molar-refractivity contribution >= 4 is 18.3 Å². The number of aromatic nitrogens is 2. The van der Waals surface area contributed by atoms with Crippen molar-refractivity contribution in [2.24, 2.45) is 5.92 Å². The summed E-state index contributed by atoms with van der Waals surface area (Å²) in [5, 5.41) is 10.6. The van der Waals surface area contributed by atoms with Gasteiger partial charge >= 0.3 is 0 Å². The molecule has 28 heavy (non-hydrogen) atoms. The molecule has 0 spiro atoms. The molecule has 0 radical (unpaired) electrons. The number of rotatable bonds is 6. The molecule has 4 rings (SSSR count). The lowest BCUT2D eigenvalue weighted by atomic mass is 9.89. The van der Waals surface area contributed by atoms with Crippen molar-refractivity contribution in [3.8, 4) is 17.1 Å². The van der Waals surface area contributed by atoms with Crippen LogP contribution in [0.5, 0.6) is 5.75 Å². The second-order valence-corrected chi connectivity index (χ2v) is 7.66. The van der Waals surface area contributed by atoms with E-state index in [2.05, 4.69) is 20.8 Å². The third kappa shape index (κ3) is 4.64. The molecule has 152 valence electrons. The van der Waals surface area contributed by atoms with Gasteiger partial charge in [0.25, 0.3) is 0 Å². The summed E-state index contributed by atoms with van der Waals surface area (Å²) in [6.45, 7) is 1.87. The topological polar surface area (TPSA) is 89.3 Å². The number of halogens is 1. The van der Waals surface area contributed by atoms with E-state index in [0.717, 1.165) is 24.2 Å². The van der Waals surface area contributed by atoms with E-state index in [1.807, 2.05) is 31.2 Å². The average molecular weight is 407 g/mol. The maximum absolute atomic E-state index is 12.5. The predicted molar refractivity (Wildman–Crippen MR) is 107 cm³/mol. The quantitative estimate of drug-likeness (QED) is 0.765. The van der Waals surface area contributed by atoms with Gasteiger partial charge in [-0.25, -0.2) is 0 Å². The summed E-state index contributed by atoms with van der Waals surface area (Å²) >= 11 is 0. The van der Waals surface area contributed by atoms with E-state index in [9.17, 15) is 4.79 Å². The van der Waals surface area contributed by atoms with Crippen LogP contribution in [-0.4, -0.2) is 35.2 Å². The number of piperidine rings is 1. The minimum Gasteiger partial charge on any atom is -0.497 e. The van der Waals surface area contributed by atoms with Gasteiger partial charge in [-0.15, -0.1) is 12.4 Å². The summed E-state index contributed by atoms with van der Waals surface area (Å²) in [5.41, 5.74) is 0.813. The van der Waals surface area contributed by atoms with Crippen LogP contribution in [0.2, 0.25) is 0 Å². The van der Waals surface area contributed by atoms with E-state index in [1.54, 1.807) is 7.11 Å². The predicted octanol–water partition coefficient (Wildman–Crippen LogP) is 3.26. The summed E-state index contributed by atoms with van der Waals surface area (Å²) < 4.78 is 10.6. The Morgan fingerprint density at radius 2 is 2.11 bits per heavy atom. The van der Waals surface area contributed by atoms with Crippen molar-refractivity contribution in [2.45, 2.75) is 57.2 Å². The van der Waals surface area contributed by atoms with Crippen LogP contribution in [0.1, 0.15) is 51.0 Å². The number of nitrogens with one attached hydrogen (secondary N) is 2. The van der Waals surface area contributed by atoms with E-state index in [0.29, 0.717) is 36.1 Å². The summed E-state index contributed by atoms with van der Waals surface area (Å²) in [6.07, 6.45) is 5.25. The highest BCUT2D eigenvalue weighted by atomic mass is 35.5. The molecular weight excluding hydrogens is 380 g/mol. The van der Waals surface area contributed by atoms with Crippen molar-refractivity contribution in [1.29, 1.82) is 0 Å². The van der Waals surface area contributed by atoms with Gasteiger partial charge in [-0.3, -0.25) is 4.79 Å². The van der Waals surface area contributed by atoms with E-state index >= 15 is 0 Å². The van der Waals surface area contributed by atoms with Gasteiger partial charge in [0.2, 0.25) is 17.6 Å². The van der Waals surface area contributed by atoms with Crippen LogP contribution in [0.15, 0.2) is 28.8 Å². The first-order valence-corrected chi connectivity index (χ1v) is 9.64. The van der Waals surface area contributed by atoms with Crippen LogP contribution < -0.4 is 15.4 Å².